The third-order valence-corrected chi connectivity index (χ3v) is 5.72. The molecule has 4 amide bonds. The van der Waals surface area contributed by atoms with E-state index in [1.807, 2.05) is 4.90 Å². The third-order valence-electron chi connectivity index (χ3n) is 5.50. The minimum absolute atomic E-state index is 0.0378. The second-order valence-corrected chi connectivity index (χ2v) is 7.84. The van der Waals surface area contributed by atoms with E-state index in [1.54, 1.807) is 11.0 Å². The first kappa shape index (κ1) is 21.0. The van der Waals surface area contributed by atoms with Gasteiger partial charge in [0.15, 0.2) is 5.54 Å². The maximum absolute atomic E-state index is 13.6. The monoisotopic (exact) mass is 446 g/mol. The molecule has 162 valence electrons. The molecule has 1 atom stereocenters. The highest BCUT2D eigenvalue weighted by molar-refractivity contribution is 6.30. The summed E-state index contributed by atoms with van der Waals surface area (Å²) in [4.78, 5) is 48.9. The fourth-order valence-corrected chi connectivity index (χ4v) is 4.10. The molecule has 2 aromatic rings. The number of imide groups is 1. The van der Waals surface area contributed by atoms with Crippen molar-refractivity contribution in [1.82, 2.24) is 25.5 Å². The molecule has 9 nitrogen and oxygen atoms in total. The Labute approximate surface area is 182 Å². The first-order valence-corrected chi connectivity index (χ1v) is 10.1. The van der Waals surface area contributed by atoms with Gasteiger partial charge in [-0.1, -0.05) is 11.6 Å². The lowest BCUT2D eigenvalue weighted by molar-refractivity contribution is -0.132. The number of benzene rings is 1. The number of hydrogen-bond acceptors (Lipinski definition) is 6. The average molecular weight is 447 g/mol. The molecule has 31 heavy (non-hydrogen) atoms. The number of carbonyl (C=O) groups excluding carboxylic acids is 3. The van der Waals surface area contributed by atoms with Crippen LogP contribution in [0.15, 0.2) is 36.8 Å². The van der Waals surface area contributed by atoms with Gasteiger partial charge in [-0.15, -0.1) is 0 Å². The Hall–Kier alpha value is -3.27. The van der Waals surface area contributed by atoms with Crippen molar-refractivity contribution in [3.63, 3.8) is 0 Å². The number of rotatable bonds is 5. The van der Waals surface area contributed by atoms with Crippen molar-refractivity contribution >= 4 is 35.1 Å². The van der Waals surface area contributed by atoms with Crippen molar-refractivity contribution in [3.05, 3.63) is 53.3 Å². The van der Waals surface area contributed by atoms with Crippen LogP contribution in [-0.4, -0.2) is 58.9 Å². The average Bonchev–Trinajstić information content (AvgIpc) is 3.06. The molecule has 2 saturated heterocycles. The molecule has 0 spiro atoms. The van der Waals surface area contributed by atoms with E-state index in [0.717, 1.165) is 0 Å². The second-order valence-electron chi connectivity index (χ2n) is 7.40. The molecule has 4 rings (SSSR count). The largest absolute Gasteiger partial charge is 0.368 e. The van der Waals surface area contributed by atoms with Crippen molar-refractivity contribution in [3.8, 4) is 0 Å². The minimum Gasteiger partial charge on any atom is -0.368 e. The van der Waals surface area contributed by atoms with Gasteiger partial charge in [0, 0.05) is 55.7 Å². The molecule has 1 aromatic heterocycles. The van der Waals surface area contributed by atoms with Crippen LogP contribution in [0.5, 0.6) is 0 Å². The molecule has 2 N–H and O–H groups in total. The Morgan fingerprint density at radius 1 is 1.16 bits per heavy atom. The summed E-state index contributed by atoms with van der Waals surface area (Å²) in [6, 6.07) is 3.71. The second kappa shape index (κ2) is 8.46. The summed E-state index contributed by atoms with van der Waals surface area (Å²) in [5.41, 5.74) is -0.482. The van der Waals surface area contributed by atoms with Gasteiger partial charge in [-0.3, -0.25) is 24.9 Å². The molecule has 2 fully saturated rings. The van der Waals surface area contributed by atoms with Crippen molar-refractivity contribution in [1.29, 1.82) is 0 Å². The SMILES string of the molecule is O=C1NC(=O)C(CCC(=O)N2CCN(c3cc(F)cc(Cl)c3)CC2)(c2cnccn2)N1. The highest BCUT2D eigenvalue weighted by Crippen LogP contribution is 2.29. The molecule has 1 aromatic carbocycles. The van der Waals surface area contributed by atoms with Crippen LogP contribution < -0.4 is 15.5 Å². The molecular formula is C20H20ClFN6O3. The number of amides is 4. The summed E-state index contributed by atoms with van der Waals surface area (Å²) >= 11 is 5.93. The lowest BCUT2D eigenvalue weighted by Crippen LogP contribution is -2.50. The summed E-state index contributed by atoms with van der Waals surface area (Å²) in [7, 11) is 0. The Morgan fingerprint density at radius 3 is 2.55 bits per heavy atom. The highest BCUT2D eigenvalue weighted by Gasteiger charge is 2.49. The third kappa shape index (κ3) is 4.29. The van der Waals surface area contributed by atoms with E-state index in [-0.39, 0.29) is 24.4 Å². The Bertz CT molecular complexity index is 995. The predicted molar refractivity (Wildman–Crippen MR) is 110 cm³/mol. The lowest BCUT2D eigenvalue weighted by atomic mass is 9.89. The molecule has 11 heteroatoms. The molecule has 0 bridgehead atoms. The van der Waals surface area contributed by atoms with E-state index < -0.39 is 23.3 Å². The van der Waals surface area contributed by atoms with E-state index in [1.165, 1.54) is 30.7 Å². The first-order valence-electron chi connectivity index (χ1n) is 9.76. The predicted octanol–water partition coefficient (Wildman–Crippen LogP) is 1.43. The zero-order valence-corrected chi connectivity index (χ0v) is 17.2. The van der Waals surface area contributed by atoms with E-state index >= 15 is 0 Å². The standard InChI is InChI=1S/C20H20ClFN6O3/c21-13-9-14(22)11-15(10-13)27-5-7-28(8-6-27)17(29)1-2-20(16-12-23-3-4-24-16)18(30)25-19(31)26-20/h3-4,9-12H,1-2,5-8H2,(H2,25,26,30,31). The topological polar surface area (TPSA) is 108 Å². The Balaban J connectivity index is 1.39. The fraction of sp³-hybridized carbons (Fsp3) is 0.350. The van der Waals surface area contributed by atoms with Crippen molar-refractivity contribution in [2.45, 2.75) is 18.4 Å². The first-order chi connectivity index (χ1) is 14.9. The summed E-state index contributed by atoms with van der Waals surface area (Å²) in [6.07, 6.45) is 4.38. The lowest BCUT2D eigenvalue weighted by Gasteiger charge is -2.36. The van der Waals surface area contributed by atoms with E-state index in [9.17, 15) is 18.8 Å². The van der Waals surface area contributed by atoms with Crippen LogP contribution in [0.1, 0.15) is 18.5 Å². The molecule has 0 radical (unpaired) electrons. The van der Waals surface area contributed by atoms with Crippen LogP contribution in [0.25, 0.3) is 0 Å². The number of aromatic nitrogens is 2. The van der Waals surface area contributed by atoms with Crippen LogP contribution in [0.4, 0.5) is 14.9 Å². The van der Waals surface area contributed by atoms with Gasteiger partial charge in [-0.05, 0) is 24.6 Å². The molecule has 0 aliphatic carbocycles. The molecule has 2 aliphatic rings. The number of halogens is 2. The van der Waals surface area contributed by atoms with E-state index in [4.69, 9.17) is 11.6 Å². The van der Waals surface area contributed by atoms with Gasteiger partial charge in [-0.2, -0.15) is 0 Å². The molecule has 2 aliphatic heterocycles. The van der Waals surface area contributed by atoms with Crippen LogP contribution in [-0.2, 0) is 15.1 Å². The zero-order chi connectivity index (χ0) is 22.0. The minimum atomic E-state index is -1.43. The van der Waals surface area contributed by atoms with E-state index in [2.05, 4.69) is 20.6 Å². The maximum atomic E-state index is 13.6. The van der Waals surface area contributed by atoms with Gasteiger partial charge in [-0.25, -0.2) is 9.18 Å². The zero-order valence-electron chi connectivity index (χ0n) is 16.5. The molecular weight excluding hydrogens is 427 g/mol. The summed E-state index contributed by atoms with van der Waals surface area (Å²) in [5.74, 6) is -1.11. The smallest absolute Gasteiger partial charge is 0.322 e. The number of hydrogen-bond donors (Lipinski definition) is 2. The van der Waals surface area contributed by atoms with E-state index in [0.29, 0.717) is 36.9 Å². The number of piperazine rings is 1. The number of nitrogens with one attached hydrogen (secondary N) is 2. The maximum Gasteiger partial charge on any atom is 0.322 e. The Kier molecular flexibility index (Phi) is 5.73. The summed E-state index contributed by atoms with van der Waals surface area (Å²) in [5, 5.41) is 5.13. The summed E-state index contributed by atoms with van der Waals surface area (Å²) in [6.45, 7) is 1.95. The van der Waals surface area contributed by atoms with Crippen molar-refractivity contribution in [2.75, 3.05) is 31.1 Å². The number of nitrogens with zero attached hydrogens (tertiary/aromatic N) is 4. The van der Waals surface area contributed by atoms with Crippen LogP contribution in [0.3, 0.4) is 0 Å². The van der Waals surface area contributed by atoms with Gasteiger partial charge in [0.05, 0.1) is 11.9 Å². The van der Waals surface area contributed by atoms with Gasteiger partial charge in [0.1, 0.15) is 5.82 Å². The fourth-order valence-electron chi connectivity index (χ4n) is 3.88. The van der Waals surface area contributed by atoms with Crippen molar-refractivity contribution in [2.24, 2.45) is 0 Å². The van der Waals surface area contributed by atoms with Gasteiger partial charge < -0.3 is 15.1 Å². The van der Waals surface area contributed by atoms with Crippen LogP contribution >= 0.6 is 11.6 Å². The normalized spacial score (nSPS) is 21.1. The van der Waals surface area contributed by atoms with Gasteiger partial charge >= 0.3 is 6.03 Å². The van der Waals surface area contributed by atoms with Crippen molar-refractivity contribution < 1.29 is 18.8 Å². The summed E-state index contributed by atoms with van der Waals surface area (Å²) < 4.78 is 13.6. The Morgan fingerprint density at radius 2 is 1.94 bits per heavy atom. The van der Waals surface area contributed by atoms with Gasteiger partial charge in [0.25, 0.3) is 5.91 Å². The number of anilines is 1. The van der Waals surface area contributed by atoms with Crippen LogP contribution in [0, 0.1) is 5.82 Å². The van der Waals surface area contributed by atoms with Crippen LogP contribution in [0.2, 0.25) is 5.02 Å². The number of carbonyl (C=O) groups is 3. The molecule has 3 heterocycles. The molecule has 0 saturated carbocycles. The van der Waals surface area contributed by atoms with Gasteiger partial charge in [0.2, 0.25) is 5.91 Å². The number of urea groups is 1. The molecule has 1 unspecified atom stereocenters. The highest BCUT2D eigenvalue weighted by atomic mass is 35.5. The quantitative estimate of drug-likeness (QED) is 0.673.